The zero-order chi connectivity index (χ0) is 19.7. The van der Waals surface area contributed by atoms with Crippen molar-refractivity contribution in [1.82, 2.24) is 14.8 Å². The molecule has 0 aliphatic rings. The third-order valence-corrected chi connectivity index (χ3v) is 5.62. The molecule has 0 spiro atoms. The normalized spacial score (nSPS) is 11.5. The molecule has 2 aromatic heterocycles. The van der Waals surface area contributed by atoms with Crippen molar-refractivity contribution in [3.63, 3.8) is 0 Å². The summed E-state index contributed by atoms with van der Waals surface area (Å²) in [5.74, 6) is 0.813. The number of fused-ring (bicyclic) bond motifs is 1. The maximum absolute atomic E-state index is 12.8. The van der Waals surface area contributed by atoms with E-state index in [2.05, 4.69) is 31.0 Å². The number of hydrogen-bond donors (Lipinski definition) is 1. The van der Waals surface area contributed by atoms with Crippen LogP contribution >= 0.6 is 27.3 Å². The van der Waals surface area contributed by atoms with Crippen LogP contribution in [0.25, 0.3) is 15.9 Å². The summed E-state index contributed by atoms with van der Waals surface area (Å²) in [6, 6.07) is 13.3. The first-order valence-corrected chi connectivity index (χ1v) is 10.3. The van der Waals surface area contributed by atoms with Crippen LogP contribution in [-0.4, -0.2) is 27.6 Å². The van der Waals surface area contributed by atoms with E-state index >= 15 is 0 Å². The van der Waals surface area contributed by atoms with Crippen LogP contribution in [0.5, 0.6) is 5.75 Å². The smallest absolute Gasteiger partial charge is 0.280 e. The van der Waals surface area contributed by atoms with Gasteiger partial charge in [0.05, 0.1) is 28.1 Å². The van der Waals surface area contributed by atoms with E-state index in [9.17, 15) is 4.79 Å². The molecule has 0 unspecified atom stereocenters. The van der Waals surface area contributed by atoms with Gasteiger partial charge in [0.1, 0.15) is 5.75 Å². The number of aliphatic imine (C=N–C) groups is 1. The molecule has 6 nitrogen and oxygen atoms in total. The molecule has 0 aliphatic carbocycles. The lowest BCUT2D eigenvalue weighted by molar-refractivity contribution is 0.341. The van der Waals surface area contributed by atoms with Crippen LogP contribution < -0.4 is 10.3 Å². The number of nitrogens with one attached hydrogen (secondary N) is 1. The Balaban J connectivity index is 1.65. The topological polar surface area (TPSA) is 72.3 Å². The van der Waals surface area contributed by atoms with Crippen molar-refractivity contribution < 1.29 is 4.74 Å². The van der Waals surface area contributed by atoms with Crippen molar-refractivity contribution in [2.75, 3.05) is 6.61 Å². The van der Waals surface area contributed by atoms with Gasteiger partial charge in [-0.05, 0) is 56.3 Å². The number of rotatable bonds is 5. The number of halogens is 1. The Bertz CT molecular complexity index is 1220. The fourth-order valence-corrected chi connectivity index (χ4v) is 3.91. The lowest BCUT2D eigenvalue weighted by Crippen LogP contribution is -2.17. The third kappa shape index (κ3) is 3.65. The molecular formula is C20H17BrN4O2S. The molecule has 142 valence electrons. The molecule has 0 saturated carbocycles. The molecule has 1 N–H and O–H groups in total. The fraction of sp³-hybridized carbons (Fsp3) is 0.150. The van der Waals surface area contributed by atoms with Crippen LogP contribution in [0.4, 0.5) is 5.13 Å². The summed E-state index contributed by atoms with van der Waals surface area (Å²) >= 11 is 4.86. The predicted octanol–water partition coefficient (Wildman–Crippen LogP) is 5.00. The minimum atomic E-state index is -0.150. The standard InChI is InChI=1S/C20H17BrN4O2S/c1-3-27-15-8-9-17-18(10-15)28-20(23-17)22-11-16-12(2)24-25(19(16)26)14-6-4-13(21)5-7-14/h4-11,24H,3H2,1-2H3/b22-11+. The fourth-order valence-electron chi connectivity index (χ4n) is 2.81. The summed E-state index contributed by atoms with van der Waals surface area (Å²) in [7, 11) is 0. The Morgan fingerprint density at radius 1 is 1.29 bits per heavy atom. The van der Waals surface area contributed by atoms with E-state index in [-0.39, 0.29) is 5.56 Å². The molecule has 0 atom stereocenters. The highest BCUT2D eigenvalue weighted by Gasteiger charge is 2.11. The van der Waals surface area contributed by atoms with Crippen LogP contribution in [0.1, 0.15) is 18.2 Å². The zero-order valence-corrected chi connectivity index (χ0v) is 17.7. The molecule has 8 heteroatoms. The monoisotopic (exact) mass is 456 g/mol. The number of nitrogens with zero attached hydrogens (tertiary/aromatic N) is 3. The predicted molar refractivity (Wildman–Crippen MR) is 117 cm³/mol. The van der Waals surface area contributed by atoms with Crippen LogP contribution in [0.3, 0.4) is 0 Å². The van der Waals surface area contributed by atoms with Crippen LogP contribution in [0.2, 0.25) is 0 Å². The molecule has 0 saturated heterocycles. The van der Waals surface area contributed by atoms with E-state index in [0.29, 0.717) is 17.3 Å². The number of benzene rings is 2. The number of aromatic nitrogens is 3. The Hall–Kier alpha value is -2.71. The minimum Gasteiger partial charge on any atom is -0.494 e. The van der Waals surface area contributed by atoms with Gasteiger partial charge < -0.3 is 4.74 Å². The highest BCUT2D eigenvalue weighted by molar-refractivity contribution is 9.10. The molecule has 0 aliphatic heterocycles. The van der Waals surface area contributed by atoms with Crippen molar-refractivity contribution in [2.45, 2.75) is 13.8 Å². The number of H-pyrrole nitrogens is 1. The lowest BCUT2D eigenvalue weighted by Gasteiger charge is -2.00. The van der Waals surface area contributed by atoms with Gasteiger partial charge in [0.25, 0.3) is 5.56 Å². The number of hydrogen-bond acceptors (Lipinski definition) is 5. The van der Waals surface area contributed by atoms with Gasteiger partial charge in [-0.1, -0.05) is 27.3 Å². The lowest BCUT2D eigenvalue weighted by atomic mass is 10.3. The highest BCUT2D eigenvalue weighted by Crippen LogP contribution is 2.30. The molecule has 0 radical (unpaired) electrons. The summed E-state index contributed by atoms with van der Waals surface area (Å²) in [5, 5.41) is 3.69. The Morgan fingerprint density at radius 3 is 2.82 bits per heavy atom. The molecule has 4 rings (SSSR count). The largest absolute Gasteiger partial charge is 0.494 e. The first-order valence-electron chi connectivity index (χ1n) is 8.70. The summed E-state index contributed by atoms with van der Waals surface area (Å²) < 4.78 is 8.99. The third-order valence-electron chi connectivity index (χ3n) is 4.17. The van der Waals surface area contributed by atoms with E-state index in [4.69, 9.17) is 4.74 Å². The SMILES string of the molecule is CCOc1ccc2nc(/N=C/c3c(C)[nH]n(-c4ccc(Br)cc4)c3=O)sc2c1. The summed E-state index contributed by atoms with van der Waals surface area (Å²) in [6.07, 6.45) is 1.57. The Morgan fingerprint density at radius 2 is 2.07 bits per heavy atom. The Kier molecular flexibility index (Phi) is 5.15. The first-order chi connectivity index (χ1) is 13.5. The number of aryl methyl sites for hydroxylation is 1. The van der Waals surface area contributed by atoms with Crippen molar-refractivity contribution in [3.8, 4) is 11.4 Å². The highest BCUT2D eigenvalue weighted by atomic mass is 79.9. The minimum absolute atomic E-state index is 0.150. The second-order valence-electron chi connectivity index (χ2n) is 6.08. The number of aromatic amines is 1. The van der Waals surface area contributed by atoms with Crippen LogP contribution in [-0.2, 0) is 0 Å². The average Bonchev–Trinajstić information content (AvgIpc) is 3.21. The summed E-state index contributed by atoms with van der Waals surface area (Å²) in [6.45, 7) is 4.42. The Labute approximate surface area is 173 Å². The van der Waals surface area contributed by atoms with Crippen LogP contribution in [0.15, 0.2) is 56.7 Å². The van der Waals surface area contributed by atoms with E-state index in [0.717, 1.165) is 31.8 Å². The van der Waals surface area contributed by atoms with E-state index in [1.165, 1.54) is 16.0 Å². The van der Waals surface area contributed by atoms with Gasteiger partial charge in [0, 0.05) is 16.4 Å². The second-order valence-corrected chi connectivity index (χ2v) is 8.01. The molecule has 0 bridgehead atoms. The van der Waals surface area contributed by atoms with Crippen molar-refractivity contribution >= 4 is 48.8 Å². The van der Waals surface area contributed by atoms with Gasteiger partial charge in [-0.15, -0.1) is 0 Å². The van der Waals surface area contributed by atoms with E-state index in [1.807, 2.05) is 56.3 Å². The molecule has 2 heterocycles. The summed E-state index contributed by atoms with van der Waals surface area (Å²) in [4.78, 5) is 21.7. The van der Waals surface area contributed by atoms with Gasteiger partial charge in [0.2, 0.25) is 5.13 Å². The van der Waals surface area contributed by atoms with Gasteiger partial charge in [-0.2, -0.15) is 0 Å². The zero-order valence-electron chi connectivity index (χ0n) is 15.3. The van der Waals surface area contributed by atoms with Gasteiger partial charge >= 0.3 is 0 Å². The maximum atomic E-state index is 12.8. The molecule has 0 amide bonds. The van der Waals surface area contributed by atoms with Crippen molar-refractivity contribution in [2.24, 2.45) is 4.99 Å². The molecule has 28 heavy (non-hydrogen) atoms. The van der Waals surface area contributed by atoms with Crippen molar-refractivity contribution in [1.29, 1.82) is 0 Å². The van der Waals surface area contributed by atoms with Gasteiger partial charge in [0.15, 0.2) is 0 Å². The van der Waals surface area contributed by atoms with Crippen molar-refractivity contribution in [3.05, 3.63) is 68.5 Å². The number of thiazole rings is 1. The molecule has 0 fully saturated rings. The van der Waals surface area contributed by atoms with Crippen LogP contribution in [0, 0.1) is 6.92 Å². The van der Waals surface area contributed by atoms with E-state index < -0.39 is 0 Å². The summed E-state index contributed by atoms with van der Waals surface area (Å²) in [5.41, 5.74) is 2.73. The quantitative estimate of drug-likeness (QED) is 0.429. The molecule has 4 aromatic rings. The molecular weight excluding hydrogens is 440 g/mol. The molecule has 2 aromatic carbocycles. The van der Waals surface area contributed by atoms with Gasteiger partial charge in [-0.3, -0.25) is 9.89 Å². The average molecular weight is 457 g/mol. The first kappa shape index (κ1) is 18.6. The second kappa shape index (κ2) is 7.73. The van der Waals surface area contributed by atoms with Gasteiger partial charge in [-0.25, -0.2) is 14.7 Å². The maximum Gasteiger partial charge on any atom is 0.280 e. The number of ether oxygens (including phenoxy) is 1. The van der Waals surface area contributed by atoms with E-state index in [1.54, 1.807) is 6.21 Å².